The molecule has 0 aromatic heterocycles. The minimum atomic E-state index is -0.160. The van der Waals surface area contributed by atoms with Gasteiger partial charge in [0.05, 0.1) is 0 Å². The quantitative estimate of drug-likeness (QED) is 0.636. The van der Waals surface area contributed by atoms with Gasteiger partial charge in [-0.1, -0.05) is 0 Å². The molecule has 0 spiro atoms. The lowest BCUT2D eigenvalue weighted by atomic mass is 10.1. The molecule has 0 saturated carbocycles. The fourth-order valence-electron chi connectivity index (χ4n) is 0.720. The van der Waals surface area contributed by atoms with Crippen molar-refractivity contribution in [1.29, 1.82) is 0 Å². The summed E-state index contributed by atoms with van der Waals surface area (Å²) in [6.45, 7) is 5.88. The van der Waals surface area contributed by atoms with Gasteiger partial charge in [0, 0.05) is 18.6 Å². The minimum Gasteiger partial charge on any atom is -0.396 e. The van der Waals surface area contributed by atoms with E-state index in [1.807, 2.05) is 20.8 Å². The van der Waals surface area contributed by atoms with Crippen LogP contribution in [0.3, 0.4) is 0 Å². The van der Waals surface area contributed by atoms with Gasteiger partial charge in [0.15, 0.2) is 0 Å². The third kappa shape index (κ3) is 7.33. The molecule has 0 unspecified atom stereocenters. The van der Waals surface area contributed by atoms with Crippen molar-refractivity contribution in [2.24, 2.45) is 0 Å². The monoisotopic (exact) mass is 159 g/mol. The Hall–Kier alpha value is -0.570. The number of amides is 1. The first-order valence-electron chi connectivity index (χ1n) is 3.87. The van der Waals surface area contributed by atoms with E-state index in [9.17, 15) is 4.79 Å². The molecule has 3 nitrogen and oxygen atoms in total. The van der Waals surface area contributed by atoms with Crippen LogP contribution in [0, 0.1) is 0 Å². The fourth-order valence-corrected chi connectivity index (χ4v) is 0.720. The normalized spacial score (nSPS) is 11.3. The highest BCUT2D eigenvalue weighted by Gasteiger charge is 2.12. The summed E-state index contributed by atoms with van der Waals surface area (Å²) >= 11 is 0. The number of nitrogens with one attached hydrogen (secondary N) is 1. The van der Waals surface area contributed by atoms with Gasteiger partial charge in [-0.25, -0.2) is 0 Å². The summed E-state index contributed by atoms with van der Waals surface area (Å²) in [4.78, 5) is 11.0. The number of rotatable bonds is 3. The van der Waals surface area contributed by atoms with Gasteiger partial charge in [0.25, 0.3) is 0 Å². The van der Waals surface area contributed by atoms with Crippen LogP contribution in [0.15, 0.2) is 0 Å². The summed E-state index contributed by atoms with van der Waals surface area (Å²) < 4.78 is 0. The Morgan fingerprint density at radius 3 is 2.36 bits per heavy atom. The van der Waals surface area contributed by atoms with E-state index in [0.29, 0.717) is 12.8 Å². The van der Waals surface area contributed by atoms with Gasteiger partial charge in [-0.2, -0.15) is 0 Å². The molecule has 0 bridgehead atoms. The highest BCUT2D eigenvalue weighted by Crippen LogP contribution is 1.99. The van der Waals surface area contributed by atoms with E-state index in [1.54, 1.807) is 0 Å². The molecular weight excluding hydrogens is 142 g/mol. The Balaban J connectivity index is 3.53. The summed E-state index contributed by atoms with van der Waals surface area (Å²) in [6, 6.07) is 0. The van der Waals surface area contributed by atoms with Crippen molar-refractivity contribution in [3.8, 4) is 0 Å². The zero-order valence-corrected chi connectivity index (χ0v) is 7.48. The maximum absolute atomic E-state index is 11.0. The van der Waals surface area contributed by atoms with E-state index < -0.39 is 0 Å². The largest absolute Gasteiger partial charge is 0.396 e. The van der Waals surface area contributed by atoms with Gasteiger partial charge in [-0.3, -0.25) is 4.79 Å². The number of hydrogen-bond donors (Lipinski definition) is 2. The standard InChI is InChI=1S/C8H17NO2/c1-8(2,3)9-7(11)5-4-6-10/h10H,4-6H2,1-3H3,(H,9,11). The molecule has 2 N–H and O–H groups in total. The minimum absolute atomic E-state index is 0.00606. The first kappa shape index (κ1) is 10.4. The van der Waals surface area contributed by atoms with Gasteiger partial charge in [0.2, 0.25) is 5.91 Å². The van der Waals surface area contributed by atoms with Crippen LogP contribution >= 0.6 is 0 Å². The predicted molar refractivity (Wildman–Crippen MR) is 44.2 cm³/mol. The van der Waals surface area contributed by atoms with E-state index in [4.69, 9.17) is 5.11 Å². The van der Waals surface area contributed by atoms with Crippen molar-refractivity contribution in [3.05, 3.63) is 0 Å². The molecule has 0 rings (SSSR count). The van der Waals surface area contributed by atoms with E-state index in [1.165, 1.54) is 0 Å². The van der Waals surface area contributed by atoms with Crippen molar-refractivity contribution in [2.75, 3.05) is 6.61 Å². The van der Waals surface area contributed by atoms with E-state index in [-0.39, 0.29) is 18.1 Å². The van der Waals surface area contributed by atoms with Crippen LogP contribution in [0.4, 0.5) is 0 Å². The first-order valence-corrected chi connectivity index (χ1v) is 3.87. The Morgan fingerprint density at radius 1 is 1.45 bits per heavy atom. The fraction of sp³-hybridized carbons (Fsp3) is 0.875. The second-order valence-electron chi connectivity index (χ2n) is 3.63. The van der Waals surface area contributed by atoms with Gasteiger partial charge in [0.1, 0.15) is 0 Å². The van der Waals surface area contributed by atoms with Gasteiger partial charge >= 0.3 is 0 Å². The second kappa shape index (κ2) is 4.34. The number of hydrogen-bond acceptors (Lipinski definition) is 2. The molecule has 0 atom stereocenters. The highest BCUT2D eigenvalue weighted by atomic mass is 16.3. The first-order chi connectivity index (χ1) is 4.95. The smallest absolute Gasteiger partial charge is 0.220 e. The van der Waals surface area contributed by atoms with Crippen LogP contribution in [-0.2, 0) is 4.79 Å². The molecule has 1 amide bonds. The van der Waals surface area contributed by atoms with Gasteiger partial charge < -0.3 is 10.4 Å². The third-order valence-corrected chi connectivity index (χ3v) is 1.08. The Bertz CT molecular complexity index is 127. The van der Waals surface area contributed by atoms with Crippen LogP contribution in [-0.4, -0.2) is 23.2 Å². The average Bonchev–Trinajstić information content (AvgIpc) is 1.79. The molecule has 0 aromatic rings. The van der Waals surface area contributed by atoms with Crippen LogP contribution < -0.4 is 5.32 Å². The zero-order chi connectivity index (χ0) is 8.91. The van der Waals surface area contributed by atoms with Gasteiger partial charge in [-0.05, 0) is 27.2 Å². The number of carbonyl (C=O) groups is 1. The van der Waals surface area contributed by atoms with Crippen molar-refractivity contribution < 1.29 is 9.90 Å². The number of aliphatic hydroxyl groups is 1. The van der Waals surface area contributed by atoms with Crippen LogP contribution in [0.2, 0.25) is 0 Å². The average molecular weight is 159 g/mol. The lowest BCUT2D eigenvalue weighted by molar-refractivity contribution is -0.122. The second-order valence-corrected chi connectivity index (χ2v) is 3.63. The van der Waals surface area contributed by atoms with Crippen molar-refractivity contribution in [1.82, 2.24) is 5.32 Å². The molecule has 0 aliphatic rings. The van der Waals surface area contributed by atoms with Crippen molar-refractivity contribution >= 4 is 5.91 Å². The van der Waals surface area contributed by atoms with Crippen molar-refractivity contribution in [2.45, 2.75) is 39.2 Å². The molecule has 0 aliphatic heterocycles. The lowest BCUT2D eigenvalue weighted by Gasteiger charge is -2.20. The molecule has 0 aliphatic carbocycles. The zero-order valence-electron chi connectivity index (χ0n) is 7.48. The lowest BCUT2D eigenvalue weighted by Crippen LogP contribution is -2.40. The Labute approximate surface area is 67.8 Å². The summed E-state index contributed by atoms with van der Waals surface area (Å²) in [6.07, 6.45) is 0.954. The molecule has 3 heteroatoms. The van der Waals surface area contributed by atoms with E-state index >= 15 is 0 Å². The molecule has 0 fully saturated rings. The SMILES string of the molecule is CC(C)(C)NC(=O)CCCO. The molecule has 0 aromatic carbocycles. The van der Waals surface area contributed by atoms with Crippen LogP contribution in [0.5, 0.6) is 0 Å². The van der Waals surface area contributed by atoms with Gasteiger partial charge in [-0.15, -0.1) is 0 Å². The van der Waals surface area contributed by atoms with Crippen LogP contribution in [0.1, 0.15) is 33.6 Å². The third-order valence-electron chi connectivity index (χ3n) is 1.08. The number of aliphatic hydroxyl groups excluding tert-OH is 1. The maximum atomic E-state index is 11.0. The summed E-state index contributed by atoms with van der Waals surface area (Å²) in [5, 5.41) is 11.2. The van der Waals surface area contributed by atoms with Crippen LogP contribution in [0.25, 0.3) is 0 Å². The molecule has 11 heavy (non-hydrogen) atoms. The highest BCUT2D eigenvalue weighted by molar-refractivity contribution is 5.76. The summed E-state index contributed by atoms with van der Waals surface area (Å²) in [7, 11) is 0. The molecule has 66 valence electrons. The predicted octanol–water partition coefficient (Wildman–Crippen LogP) is 0.674. The maximum Gasteiger partial charge on any atom is 0.220 e. The number of carbonyl (C=O) groups excluding carboxylic acids is 1. The Kier molecular flexibility index (Phi) is 4.11. The molecule has 0 radical (unpaired) electrons. The van der Waals surface area contributed by atoms with E-state index in [2.05, 4.69) is 5.32 Å². The van der Waals surface area contributed by atoms with Crippen molar-refractivity contribution in [3.63, 3.8) is 0 Å². The van der Waals surface area contributed by atoms with E-state index in [0.717, 1.165) is 0 Å². The summed E-state index contributed by atoms with van der Waals surface area (Å²) in [5.41, 5.74) is -0.160. The molecular formula is C8H17NO2. The summed E-state index contributed by atoms with van der Waals surface area (Å²) in [5.74, 6) is 0.00606. The molecule has 0 saturated heterocycles. The topological polar surface area (TPSA) is 49.3 Å². The Morgan fingerprint density at radius 2 is 2.00 bits per heavy atom. The molecule has 0 heterocycles.